The minimum Gasteiger partial charge on any atom is -0.493 e. The minimum absolute atomic E-state index is 0.100. The van der Waals surface area contributed by atoms with E-state index in [1.165, 1.54) is 11.1 Å². The molecule has 1 atom stereocenters. The maximum Gasteiger partial charge on any atom is 0.262 e. The van der Waals surface area contributed by atoms with Crippen LogP contribution in [0.1, 0.15) is 37.4 Å². The van der Waals surface area contributed by atoms with E-state index >= 15 is 0 Å². The second-order valence-corrected chi connectivity index (χ2v) is 9.97. The molecule has 0 aromatic heterocycles. The topological polar surface area (TPSA) is 83.9 Å². The number of carbonyl (C=O) groups is 2. The van der Waals surface area contributed by atoms with Crippen LogP contribution in [0.2, 0.25) is 0 Å². The van der Waals surface area contributed by atoms with Crippen molar-refractivity contribution in [2.24, 2.45) is 11.0 Å². The van der Waals surface area contributed by atoms with Crippen molar-refractivity contribution in [3.05, 3.63) is 59.4 Å². The molecule has 2 aromatic carbocycles. The summed E-state index contributed by atoms with van der Waals surface area (Å²) in [6.45, 7) is 7.49. The van der Waals surface area contributed by atoms with Crippen LogP contribution < -0.4 is 9.47 Å². The number of hydrogen-bond donors (Lipinski definition) is 0. The highest BCUT2D eigenvalue weighted by Gasteiger charge is 2.36. The third-order valence-electron chi connectivity index (χ3n) is 7.06. The summed E-state index contributed by atoms with van der Waals surface area (Å²) in [6, 6.07) is 11.3. The summed E-state index contributed by atoms with van der Waals surface area (Å²) in [4.78, 5) is 30.7. The molecule has 2 heterocycles. The molecule has 2 aromatic rings. The first-order valence-electron chi connectivity index (χ1n) is 13.3. The number of nitrogens with zero attached hydrogens (tertiary/aromatic N) is 4. The predicted molar refractivity (Wildman–Crippen MR) is 145 cm³/mol. The van der Waals surface area contributed by atoms with Crippen LogP contribution in [0.25, 0.3) is 0 Å². The Labute approximate surface area is 229 Å². The van der Waals surface area contributed by atoms with Crippen molar-refractivity contribution < 1.29 is 28.2 Å². The molecule has 1 fully saturated rings. The third kappa shape index (κ3) is 6.75. The number of morpholine rings is 1. The summed E-state index contributed by atoms with van der Waals surface area (Å²) in [6.07, 6.45) is 0.314. The van der Waals surface area contributed by atoms with E-state index in [0.717, 1.165) is 18.7 Å². The van der Waals surface area contributed by atoms with Gasteiger partial charge < -0.3 is 19.1 Å². The number of ether oxygens (including phenoxy) is 3. The highest BCUT2D eigenvalue weighted by molar-refractivity contribution is 6.03. The quantitative estimate of drug-likeness (QED) is 0.460. The molecule has 9 nitrogen and oxygen atoms in total. The molecule has 0 unspecified atom stereocenters. The molecule has 0 radical (unpaired) electrons. The summed E-state index contributed by atoms with van der Waals surface area (Å²) in [5, 5.41) is 5.99. The van der Waals surface area contributed by atoms with E-state index in [1.807, 2.05) is 19.9 Å². The van der Waals surface area contributed by atoms with Gasteiger partial charge in [-0.3, -0.25) is 14.5 Å². The number of rotatable bonds is 10. The zero-order valence-electron chi connectivity index (χ0n) is 23.1. The highest BCUT2D eigenvalue weighted by atomic mass is 19.1. The third-order valence-corrected chi connectivity index (χ3v) is 7.06. The molecule has 1 saturated heterocycles. The Hall–Kier alpha value is -3.50. The Kier molecular flexibility index (Phi) is 9.53. The van der Waals surface area contributed by atoms with Gasteiger partial charge in [0.15, 0.2) is 11.5 Å². The summed E-state index contributed by atoms with van der Waals surface area (Å²) in [7, 11) is 3.10. The normalized spacial score (nSPS) is 17.7. The van der Waals surface area contributed by atoms with E-state index in [1.54, 1.807) is 49.5 Å². The van der Waals surface area contributed by atoms with Gasteiger partial charge in [0, 0.05) is 44.1 Å². The molecule has 10 heteroatoms. The van der Waals surface area contributed by atoms with Gasteiger partial charge in [-0.1, -0.05) is 38.1 Å². The van der Waals surface area contributed by atoms with Gasteiger partial charge in [0.1, 0.15) is 12.4 Å². The Morgan fingerprint density at radius 2 is 1.82 bits per heavy atom. The number of benzene rings is 2. The van der Waals surface area contributed by atoms with E-state index in [-0.39, 0.29) is 24.3 Å². The van der Waals surface area contributed by atoms with Gasteiger partial charge in [-0.05, 0) is 23.8 Å². The fraction of sp³-hybridized carbons (Fsp3) is 0.483. The van der Waals surface area contributed by atoms with E-state index in [9.17, 15) is 14.0 Å². The average molecular weight is 541 g/mol. The molecular formula is C29H37FN4O5. The zero-order chi connectivity index (χ0) is 27.9. The standard InChI is InChI=1S/C29H37FN4O5/c1-20(2)29(36)33(12-11-32-13-15-39-16-14-32)19-28(35)34-25(21-9-10-26(37-3)27(17-21)38-4)18-24(31-34)22-7-5-6-8-23(22)30/h5-10,17,20,25H,11-16,18-19H2,1-4H3/t25-/m0/s1. The van der Waals surface area contributed by atoms with Crippen molar-refractivity contribution >= 4 is 17.5 Å². The number of hydrogen-bond acceptors (Lipinski definition) is 7. The smallest absolute Gasteiger partial charge is 0.262 e. The van der Waals surface area contributed by atoms with Gasteiger partial charge in [0.25, 0.3) is 5.91 Å². The van der Waals surface area contributed by atoms with Crippen LogP contribution >= 0.6 is 0 Å². The van der Waals surface area contributed by atoms with Crippen molar-refractivity contribution in [3.63, 3.8) is 0 Å². The Balaban J connectivity index is 1.61. The Bertz CT molecular complexity index is 1200. The molecule has 2 aliphatic heterocycles. The molecule has 0 saturated carbocycles. The van der Waals surface area contributed by atoms with Gasteiger partial charge in [0.05, 0.1) is 39.2 Å². The monoisotopic (exact) mass is 540 g/mol. The van der Waals surface area contributed by atoms with Gasteiger partial charge in [-0.15, -0.1) is 0 Å². The Morgan fingerprint density at radius 3 is 2.49 bits per heavy atom. The maximum atomic E-state index is 14.7. The van der Waals surface area contributed by atoms with E-state index < -0.39 is 11.9 Å². The van der Waals surface area contributed by atoms with Crippen LogP contribution in [0.4, 0.5) is 4.39 Å². The molecule has 2 amide bonds. The molecule has 0 N–H and O–H groups in total. The summed E-state index contributed by atoms with van der Waals surface area (Å²) < 4.78 is 31.0. The second kappa shape index (κ2) is 13.0. The average Bonchev–Trinajstić information content (AvgIpc) is 3.40. The van der Waals surface area contributed by atoms with Crippen molar-refractivity contribution in [3.8, 4) is 11.5 Å². The minimum atomic E-state index is -0.498. The molecule has 0 aliphatic carbocycles. The van der Waals surface area contributed by atoms with Crippen LogP contribution in [-0.2, 0) is 14.3 Å². The lowest BCUT2D eigenvalue weighted by molar-refractivity contribution is -0.143. The number of amides is 2. The number of methoxy groups -OCH3 is 2. The van der Waals surface area contributed by atoms with E-state index in [2.05, 4.69) is 10.0 Å². The zero-order valence-corrected chi connectivity index (χ0v) is 23.1. The van der Waals surface area contributed by atoms with Crippen LogP contribution in [-0.4, -0.2) is 92.5 Å². The number of hydrazone groups is 1. The van der Waals surface area contributed by atoms with Gasteiger partial charge >= 0.3 is 0 Å². The summed E-state index contributed by atoms with van der Waals surface area (Å²) in [5.74, 6) is -0.0270. The van der Waals surface area contributed by atoms with Crippen molar-refractivity contribution in [1.29, 1.82) is 0 Å². The molecule has 0 bridgehead atoms. The number of halogens is 1. The first kappa shape index (κ1) is 28.5. The maximum absolute atomic E-state index is 14.7. The highest BCUT2D eigenvalue weighted by Crippen LogP contribution is 2.37. The van der Waals surface area contributed by atoms with Crippen LogP contribution in [0, 0.1) is 11.7 Å². The number of carbonyl (C=O) groups excluding carboxylic acids is 2. The lowest BCUT2D eigenvalue weighted by atomic mass is 9.97. The molecule has 0 spiro atoms. The van der Waals surface area contributed by atoms with Crippen LogP contribution in [0.15, 0.2) is 47.6 Å². The van der Waals surface area contributed by atoms with Crippen LogP contribution in [0.5, 0.6) is 11.5 Å². The summed E-state index contributed by atoms with van der Waals surface area (Å²) >= 11 is 0. The lowest BCUT2D eigenvalue weighted by Crippen LogP contribution is -2.47. The molecule has 39 heavy (non-hydrogen) atoms. The van der Waals surface area contributed by atoms with Gasteiger partial charge in [0.2, 0.25) is 5.91 Å². The largest absolute Gasteiger partial charge is 0.493 e. The van der Waals surface area contributed by atoms with Crippen molar-refractivity contribution in [1.82, 2.24) is 14.8 Å². The van der Waals surface area contributed by atoms with Crippen molar-refractivity contribution in [2.45, 2.75) is 26.3 Å². The molecular weight excluding hydrogens is 503 g/mol. The van der Waals surface area contributed by atoms with Gasteiger partial charge in [-0.25, -0.2) is 9.40 Å². The lowest BCUT2D eigenvalue weighted by Gasteiger charge is -2.31. The summed E-state index contributed by atoms with van der Waals surface area (Å²) in [5.41, 5.74) is 1.59. The van der Waals surface area contributed by atoms with Gasteiger partial charge in [-0.2, -0.15) is 5.10 Å². The SMILES string of the molecule is COc1ccc([C@@H]2CC(c3ccccc3F)=NN2C(=O)CN(CCN2CCOCC2)C(=O)C(C)C)cc1OC. The fourth-order valence-electron chi connectivity index (χ4n) is 4.87. The molecule has 2 aliphatic rings. The van der Waals surface area contributed by atoms with E-state index in [4.69, 9.17) is 14.2 Å². The molecule has 210 valence electrons. The first-order chi connectivity index (χ1) is 18.8. The predicted octanol–water partition coefficient (Wildman–Crippen LogP) is 3.34. The fourth-order valence-corrected chi connectivity index (χ4v) is 4.87. The van der Waals surface area contributed by atoms with Crippen molar-refractivity contribution in [2.75, 3.05) is 60.2 Å². The van der Waals surface area contributed by atoms with Crippen LogP contribution in [0.3, 0.4) is 0 Å². The Morgan fingerprint density at radius 1 is 1.10 bits per heavy atom. The second-order valence-electron chi connectivity index (χ2n) is 9.97. The van der Waals surface area contributed by atoms with E-state index in [0.29, 0.717) is 55.5 Å². The molecule has 4 rings (SSSR count). The first-order valence-corrected chi connectivity index (χ1v) is 13.3.